The Labute approximate surface area is 138 Å². The first-order chi connectivity index (χ1) is 11.3. The van der Waals surface area contributed by atoms with E-state index in [1.54, 1.807) is 7.11 Å². The van der Waals surface area contributed by atoms with E-state index < -0.39 is 0 Å². The second-order valence-corrected chi connectivity index (χ2v) is 5.94. The highest BCUT2D eigenvalue weighted by Crippen LogP contribution is 2.17. The molecule has 0 aromatic heterocycles. The lowest BCUT2D eigenvalue weighted by Gasteiger charge is -2.16. The van der Waals surface area contributed by atoms with E-state index in [0.29, 0.717) is 25.7 Å². The quantitative estimate of drug-likeness (QED) is 0.571. The predicted octanol–water partition coefficient (Wildman–Crippen LogP) is 2.50. The molecule has 1 aromatic carbocycles. The number of hydrogen-bond acceptors (Lipinski definition) is 4. The van der Waals surface area contributed by atoms with E-state index >= 15 is 0 Å². The zero-order valence-electron chi connectivity index (χ0n) is 14.0. The smallest absolute Gasteiger partial charge is 0.234 e. The number of rotatable bonds is 8. The van der Waals surface area contributed by atoms with E-state index in [9.17, 15) is 4.79 Å². The van der Waals surface area contributed by atoms with E-state index in [-0.39, 0.29) is 5.91 Å². The minimum Gasteiger partial charge on any atom is -0.497 e. The van der Waals surface area contributed by atoms with Crippen LogP contribution in [0.25, 0.3) is 0 Å². The second-order valence-electron chi connectivity index (χ2n) is 5.94. The van der Waals surface area contributed by atoms with Crippen molar-refractivity contribution in [3.8, 4) is 11.5 Å². The van der Waals surface area contributed by atoms with Gasteiger partial charge in [0.1, 0.15) is 18.1 Å². The number of benzene rings is 1. The number of hydrogen-bond donors (Lipinski definition) is 2. The first-order valence-electron chi connectivity index (χ1n) is 8.55. The van der Waals surface area contributed by atoms with Crippen LogP contribution in [0.2, 0.25) is 0 Å². The van der Waals surface area contributed by atoms with Gasteiger partial charge in [0.2, 0.25) is 5.91 Å². The highest BCUT2D eigenvalue weighted by Gasteiger charge is 2.12. The third-order valence-corrected chi connectivity index (χ3v) is 4.16. The maximum atomic E-state index is 11.8. The average Bonchev–Trinajstić information content (AvgIpc) is 2.86. The van der Waals surface area contributed by atoms with Crippen LogP contribution in [0.1, 0.15) is 38.5 Å². The lowest BCUT2D eigenvalue weighted by atomic mass is 10.1. The van der Waals surface area contributed by atoms with Gasteiger partial charge < -0.3 is 20.1 Å². The SMILES string of the molecule is COc1ccc(OCCNC(=O)CNC2CCCCCC2)cc1. The van der Waals surface area contributed by atoms with Gasteiger partial charge in [0, 0.05) is 6.04 Å². The van der Waals surface area contributed by atoms with Crippen LogP contribution in [0.15, 0.2) is 24.3 Å². The summed E-state index contributed by atoms with van der Waals surface area (Å²) in [6, 6.07) is 7.91. The number of carbonyl (C=O) groups excluding carboxylic acids is 1. The Bertz CT molecular complexity index is 454. The van der Waals surface area contributed by atoms with Crippen LogP contribution in [0.4, 0.5) is 0 Å². The molecule has 5 nitrogen and oxygen atoms in total. The zero-order chi connectivity index (χ0) is 16.3. The van der Waals surface area contributed by atoms with Gasteiger partial charge in [-0.3, -0.25) is 4.79 Å². The minimum atomic E-state index is 0.0348. The summed E-state index contributed by atoms with van der Waals surface area (Å²) in [6.07, 6.45) is 7.58. The molecule has 1 aliphatic carbocycles. The van der Waals surface area contributed by atoms with Crippen LogP contribution < -0.4 is 20.1 Å². The fraction of sp³-hybridized carbons (Fsp3) is 0.611. The molecule has 2 N–H and O–H groups in total. The molecule has 5 heteroatoms. The lowest BCUT2D eigenvalue weighted by molar-refractivity contribution is -0.120. The van der Waals surface area contributed by atoms with Crippen molar-refractivity contribution in [3.05, 3.63) is 24.3 Å². The van der Waals surface area contributed by atoms with Crippen molar-refractivity contribution in [1.82, 2.24) is 10.6 Å². The molecular weight excluding hydrogens is 292 g/mol. The zero-order valence-corrected chi connectivity index (χ0v) is 14.0. The van der Waals surface area contributed by atoms with Crippen molar-refractivity contribution in [3.63, 3.8) is 0 Å². The number of nitrogens with one attached hydrogen (secondary N) is 2. The van der Waals surface area contributed by atoms with E-state index in [1.807, 2.05) is 24.3 Å². The fourth-order valence-electron chi connectivity index (χ4n) is 2.81. The standard InChI is InChI=1S/C18H28N2O3/c1-22-16-8-10-17(11-9-16)23-13-12-19-18(21)14-20-15-6-4-2-3-5-7-15/h8-11,15,20H,2-7,12-14H2,1H3,(H,19,21). The molecule has 0 unspecified atom stereocenters. The van der Waals surface area contributed by atoms with Crippen molar-refractivity contribution in [2.45, 2.75) is 44.6 Å². The summed E-state index contributed by atoms with van der Waals surface area (Å²) in [4.78, 5) is 11.8. The summed E-state index contributed by atoms with van der Waals surface area (Å²) in [5.74, 6) is 1.61. The first-order valence-corrected chi connectivity index (χ1v) is 8.55. The summed E-state index contributed by atoms with van der Waals surface area (Å²) >= 11 is 0. The van der Waals surface area contributed by atoms with Crippen molar-refractivity contribution in [2.24, 2.45) is 0 Å². The Hall–Kier alpha value is -1.75. The highest BCUT2D eigenvalue weighted by atomic mass is 16.5. The van der Waals surface area contributed by atoms with Gasteiger partial charge in [-0.25, -0.2) is 0 Å². The predicted molar refractivity (Wildman–Crippen MR) is 91.0 cm³/mol. The number of ether oxygens (including phenoxy) is 2. The van der Waals surface area contributed by atoms with Gasteiger partial charge in [-0.15, -0.1) is 0 Å². The van der Waals surface area contributed by atoms with E-state index in [2.05, 4.69) is 10.6 Å². The largest absolute Gasteiger partial charge is 0.497 e. The highest BCUT2D eigenvalue weighted by molar-refractivity contribution is 5.77. The summed E-state index contributed by atoms with van der Waals surface area (Å²) in [6.45, 7) is 1.37. The third-order valence-electron chi connectivity index (χ3n) is 4.16. The number of amides is 1. The molecule has 1 aliphatic rings. The molecule has 23 heavy (non-hydrogen) atoms. The minimum absolute atomic E-state index is 0.0348. The Kier molecular flexibility index (Phi) is 7.73. The molecule has 0 atom stereocenters. The lowest BCUT2D eigenvalue weighted by Crippen LogP contribution is -2.40. The van der Waals surface area contributed by atoms with Crippen LogP contribution in [0.3, 0.4) is 0 Å². The summed E-state index contributed by atoms with van der Waals surface area (Å²) in [7, 11) is 1.63. The van der Waals surface area contributed by atoms with E-state index in [1.165, 1.54) is 38.5 Å². The van der Waals surface area contributed by atoms with Crippen molar-refractivity contribution >= 4 is 5.91 Å². The summed E-state index contributed by atoms with van der Waals surface area (Å²) < 4.78 is 10.7. The third kappa shape index (κ3) is 6.91. The molecule has 1 aromatic rings. The molecule has 0 spiro atoms. The van der Waals surface area contributed by atoms with Gasteiger partial charge in [-0.1, -0.05) is 25.7 Å². The van der Waals surface area contributed by atoms with Gasteiger partial charge in [0.25, 0.3) is 0 Å². The fourth-order valence-corrected chi connectivity index (χ4v) is 2.81. The van der Waals surface area contributed by atoms with Gasteiger partial charge in [-0.05, 0) is 37.1 Å². The van der Waals surface area contributed by atoms with Crippen molar-refractivity contribution in [1.29, 1.82) is 0 Å². The number of methoxy groups -OCH3 is 1. The molecule has 0 aliphatic heterocycles. The second kappa shape index (κ2) is 10.1. The van der Waals surface area contributed by atoms with Gasteiger partial charge >= 0.3 is 0 Å². The summed E-state index contributed by atoms with van der Waals surface area (Å²) in [5, 5.41) is 6.25. The van der Waals surface area contributed by atoms with Crippen LogP contribution in [0.5, 0.6) is 11.5 Å². The summed E-state index contributed by atoms with van der Waals surface area (Å²) in [5.41, 5.74) is 0. The normalized spacial score (nSPS) is 15.7. The topological polar surface area (TPSA) is 59.6 Å². The van der Waals surface area contributed by atoms with Gasteiger partial charge in [0.05, 0.1) is 20.2 Å². The number of carbonyl (C=O) groups is 1. The average molecular weight is 320 g/mol. The van der Waals surface area contributed by atoms with E-state index in [4.69, 9.17) is 9.47 Å². The van der Waals surface area contributed by atoms with Crippen LogP contribution in [-0.4, -0.2) is 38.8 Å². The van der Waals surface area contributed by atoms with Crippen LogP contribution in [-0.2, 0) is 4.79 Å². The molecule has 2 rings (SSSR count). The molecule has 1 amide bonds. The Morgan fingerprint density at radius 3 is 2.39 bits per heavy atom. The Balaban J connectivity index is 1.55. The Morgan fingerprint density at radius 2 is 1.74 bits per heavy atom. The van der Waals surface area contributed by atoms with E-state index in [0.717, 1.165) is 11.5 Å². The van der Waals surface area contributed by atoms with Crippen LogP contribution >= 0.6 is 0 Å². The molecule has 0 bridgehead atoms. The molecule has 128 valence electrons. The van der Waals surface area contributed by atoms with Crippen molar-refractivity contribution < 1.29 is 14.3 Å². The molecule has 0 heterocycles. The maximum Gasteiger partial charge on any atom is 0.234 e. The van der Waals surface area contributed by atoms with Crippen LogP contribution in [0, 0.1) is 0 Å². The maximum absolute atomic E-state index is 11.8. The Morgan fingerprint density at radius 1 is 1.09 bits per heavy atom. The monoisotopic (exact) mass is 320 g/mol. The molecule has 0 radical (unpaired) electrons. The molecular formula is C18H28N2O3. The van der Waals surface area contributed by atoms with Gasteiger partial charge in [0.15, 0.2) is 0 Å². The van der Waals surface area contributed by atoms with Crippen molar-refractivity contribution in [2.75, 3.05) is 26.8 Å². The van der Waals surface area contributed by atoms with Gasteiger partial charge in [-0.2, -0.15) is 0 Å². The first kappa shape index (κ1) is 17.6. The molecule has 1 fully saturated rings. The molecule has 0 saturated heterocycles. The molecule has 1 saturated carbocycles.